The van der Waals surface area contributed by atoms with E-state index in [1.165, 1.54) is 12.1 Å². The number of aryl methyl sites for hydroxylation is 1. The third-order valence-electron chi connectivity index (χ3n) is 4.04. The van der Waals surface area contributed by atoms with Gasteiger partial charge in [-0.1, -0.05) is 47.6 Å². The summed E-state index contributed by atoms with van der Waals surface area (Å²) in [6.45, 7) is 0.308. The number of rotatable bonds is 8. The highest BCUT2D eigenvalue weighted by molar-refractivity contribution is 7.89. The summed E-state index contributed by atoms with van der Waals surface area (Å²) >= 11 is 0. The van der Waals surface area contributed by atoms with E-state index >= 15 is 0 Å². The molecule has 1 heterocycles. The minimum absolute atomic E-state index is 0.0389. The summed E-state index contributed by atoms with van der Waals surface area (Å²) in [5.74, 6) is 0.909. The van der Waals surface area contributed by atoms with Crippen LogP contribution in [0.5, 0.6) is 0 Å². The molecule has 0 atom stereocenters. The van der Waals surface area contributed by atoms with Gasteiger partial charge in [0.05, 0.1) is 4.90 Å². The van der Waals surface area contributed by atoms with Crippen LogP contribution < -0.4 is 10.5 Å². The molecule has 0 aliphatic rings. The van der Waals surface area contributed by atoms with E-state index in [-0.39, 0.29) is 10.8 Å². The van der Waals surface area contributed by atoms with Crippen LogP contribution in [0, 0.1) is 0 Å². The lowest BCUT2D eigenvalue weighted by Crippen LogP contribution is -2.22. The molecule has 1 aromatic heterocycles. The van der Waals surface area contributed by atoms with Crippen molar-refractivity contribution in [3.63, 3.8) is 0 Å². The molecule has 3 aromatic rings. The molecular formula is C19H20N4O4S. The molecule has 0 radical (unpaired) electrons. The number of nitrogens with two attached hydrogens (primary N) is 1. The molecule has 0 aliphatic heterocycles. The Morgan fingerprint density at radius 3 is 2.46 bits per heavy atom. The van der Waals surface area contributed by atoms with Gasteiger partial charge in [-0.05, 0) is 24.1 Å². The lowest BCUT2D eigenvalue weighted by atomic mass is 10.2. The minimum atomic E-state index is -3.71. The summed E-state index contributed by atoms with van der Waals surface area (Å²) in [6.07, 6.45) is 1.40. The Morgan fingerprint density at radius 2 is 1.79 bits per heavy atom. The van der Waals surface area contributed by atoms with Gasteiger partial charge in [0.15, 0.2) is 0 Å². The van der Waals surface area contributed by atoms with E-state index in [1.807, 2.05) is 30.3 Å². The normalized spacial score (nSPS) is 11.3. The van der Waals surface area contributed by atoms with Gasteiger partial charge in [-0.3, -0.25) is 4.79 Å². The van der Waals surface area contributed by atoms with Crippen molar-refractivity contribution in [2.75, 3.05) is 0 Å². The molecule has 28 heavy (non-hydrogen) atoms. The fourth-order valence-corrected chi connectivity index (χ4v) is 3.06. The van der Waals surface area contributed by atoms with Crippen molar-refractivity contribution in [1.29, 1.82) is 0 Å². The summed E-state index contributed by atoms with van der Waals surface area (Å²) in [4.78, 5) is 16.3. The van der Waals surface area contributed by atoms with E-state index < -0.39 is 10.0 Å². The van der Waals surface area contributed by atoms with E-state index in [9.17, 15) is 13.2 Å². The number of nitrogens with one attached hydrogen (secondary N) is 1. The Kier molecular flexibility index (Phi) is 6.17. The molecule has 3 rings (SSSR count). The average molecular weight is 400 g/mol. The maximum Gasteiger partial charge on any atom is 0.238 e. The minimum Gasteiger partial charge on any atom is -0.352 e. The number of carbonyl (C=O) groups excluding carboxylic acids is 1. The van der Waals surface area contributed by atoms with Gasteiger partial charge in [0.25, 0.3) is 0 Å². The van der Waals surface area contributed by atoms with Gasteiger partial charge in [0, 0.05) is 24.9 Å². The predicted molar refractivity (Wildman–Crippen MR) is 102 cm³/mol. The number of nitrogens with zero attached hydrogens (tertiary/aromatic N) is 2. The van der Waals surface area contributed by atoms with Crippen LogP contribution in [0.3, 0.4) is 0 Å². The monoisotopic (exact) mass is 400 g/mol. The Labute approximate surface area is 162 Å². The third-order valence-corrected chi connectivity index (χ3v) is 4.97. The fraction of sp³-hybridized carbons (Fsp3) is 0.211. The van der Waals surface area contributed by atoms with Gasteiger partial charge in [-0.2, -0.15) is 4.98 Å². The van der Waals surface area contributed by atoms with Crippen LogP contribution in [0.1, 0.15) is 24.3 Å². The van der Waals surface area contributed by atoms with Crippen molar-refractivity contribution >= 4 is 15.9 Å². The maximum absolute atomic E-state index is 12.0. The van der Waals surface area contributed by atoms with E-state index in [1.54, 1.807) is 12.1 Å². The van der Waals surface area contributed by atoms with E-state index in [4.69, 9.17) is 9.66 Å². The fourth-order valence-electron chi connectivity index (χ4n) is 2.55. The molecule has 0 aliphatic carbocycles. The largest absolute Gasteiger partial charge is 0.352 e. The van der Waals surface area contributed by atoms with Gasteiger partial charge in [-0.25, -0.2) is 13.6 Å². The van der Waals surface area contributed by atoms with Gasteiger partial charge in [0.2, 0.25) is 27.6 Å². The van der Waals surface area contributed by atoms with Gasteiger partial charge in [0.1, 0.15) is 0 Å². The lowest BCUT2D eigenvalue weighted by molar-refractivity contribution is -0.121. The summed E-state index contributed by atoms with van der Waals surface area (Å²) < 4.78 is 27.7. The number of aromatic nitrogens is 2. The van der Waals surface area contributed by atoms with Crippen LogP contribution in [-0.2, 0) is 27.8 Å². The summed E-state index contributed by atoms with van der Waals surface area (Å²) in [7, 11) is -3.71. The number of amides is 1. The smallest absolute Gasteiger partial charge is 0.238 e. The topological polar surface area (TPSA) is 128 Å². The van der Waals surface area contributed by atoms with E-state index in [0.29, 0.717) is 37.5 Å². The van der Waals surface area contributed by atoms with E-state index in [0.717, 1.165) is 11.1 Å². The lowest BCUT2D eigenvalue weighted by Gasteiger charge is -2.05. The van der Waals surface area contributed by atoms with Crippen molar-refractivity contribution in [1.82, 2.24) is 15.5 Å². The summed E-state index contributed by atoms with van der Waals surface area (Å²) in [6, 6.07) is 15.6. The molecule has 8 nitrogen and oxygen atoms in total. The molecule has 0 bridgehead atoms. The molecule has 0 saturated heterocycles. The standard InChI is InChI=1S/C19H20N4O4S/c20-28(25,26)16-11-9-14(10-12-16)13-21-17(24)7-4-8-18-22-19(23-27-18)15-5-2-1-3-6-15/h1-3,5-6,9-12H,4,7-8,13H2,(H,21,24)(H2,20,25,26). The molecule has 2 aromatic carbocycles. The Bertz CT molecular complexity index is 1030. The maximum atomic E-state index is 12.0. The number of hydrogen-bond acceptors (Lipinski definition) is 6. The van der Waals surface area contributed by atoms with Crippen LogP contribution in [0.25, 0.3) is 11.4 Å². The predicted octanol–water partition coefficient (Wildman–Crippen LogP) is 2.02. The quantitative estimate of drug-likeness (QED) is 0.595. The molecule has 0 fully saturated rings. The summed E-state index contributed by atoms with van der Waals surface area (Å²) in [5, 5.41) is 11.8. The second-order valence-corrected chi connectivity index (χ2v) is 7.76. The zero-order chi connectivity index (χ0) is 20.0. The highest BCUT2D eigenvalue weighted by Crippen LogP contribution is 2.15. The molecule has 0 unspecified atom stereocenters. The van der Waals surface area contributed by atoms with E-state index in [2.05, 4.69) is 15.5 Å². The average Bonchev–Trinajstić information content (AvgIpc) is 3.16. The van der Waals surface area contributed by atoms with Crippen molar-refractivity contribution in [3.05, 3.63) is 66.1 Å². The number of sulfonamides is 1. The highest BCUT2D eigenvalue weighted by atomic mass is 32.2. The third kappa shape index (κ3) is 5.48. The Hall–Kier alpha value is -3.04. The van der Waals surface area contributed by atoms with Crippen molar-refractivity contribution < 1.29 is 17.7 Å². The van der Waals surface area contributed by atoms with Crippen LogP contribution in [0.2, 0.25) is 0 Å². The Balaban J connectivity index is 1.42. The first-order chi connectivity index (χ1) is 13.4. The number of primary sulfonamides is 1. The molecule has 3 N–H and O–H groups in total. The number of benzene rings is 2. The first-order valence-corrected chi connectivity index (χ1v) is 10.2. The zero-order valence-corrected chi connectivity index (χ0v) is 15.9. The summed E-state index contributed by atoms with van der Waals surface area (Å²) in [5.41, 5.74) is 1.66. The highest BCUT2D eigenvalue weighted by Gasteiger charge is 2.10. The van der Waals surface area contributed by atoms with Crippen LogP contribution in [0.15, 0.2) is 64.0 Å². The van der Waals surface area contributed by atoms with Crippen LogP contribution >= 0.6 is 0 Å². The molecule has 9 heteroatoms. The molecular weight excluding hydrogens is 380 g/mol. The SMILES string of the molecule is NS(=O)(=O)c1ccc(CNC(=O)CCCc2nc(-c3ccccc3)no2)cc1. The zero-order valence-electron chi connectivity index (χ0n) is 15.0. The van der Waals surface area contributed by atoms with Crippen molar-refractivity contribution in [3.8, 4) is 11.4 Å². The first-order valence-electron chi connectivity index (χ1n) is 8.68. The second-order valence-electron chi connectivity index (χ2n) is 6.20. The molecule has 0 saturated carbocycles. The van der Waals surface area contributed by atoms with Gasteiger partial charge in [-0.15, -0.1) is 0 Å². The molecule has 0 spiro atoms. The van der Waals surface area contributed by atoms with Gasteiger partial charge >= 0.3 is 0 Å². The first kappa shape index (κ1) is 19.7. The van der Waals surface area contributed by atoms with Gasteiger partial charge < -0.3 is 9.84 Å². The van der Waals surface area contributed by atoms with Crippen molar-refractivity contribution in [2.45, 2.75) is 30.7 Å². The van der Waals surface area contributed by atoms with Crippen LogP contribution in [-0.4, -0.2) is 24.5 Å². The Morgan fingerprint density at radius 1 is 1.07 bits per heavy atom. The molecule has 146 valence electrons. The second kappa shape index (κ2) is 8.77. The number of hydrogen-bond donors (Lipinski definition) is 2. The molecule has 1 amide bonds. The van der Waals surface area contributed by atoms with Crippen LogP contribution in [0.4, 0.5) is 0 Å². The van der Waals surface area contributed by atoms with Crippen molar-refractivity contribution in [2.24, 2.45) is 5.14 Å². The number of carbonyl (C=O) groups is 1.